The molecule has 2 heterocycles. The number of phenols is 1. The van der Waals surface area contributed by atoms with Gasteiger partial charge in [-0.25, -0.2) is 0 Å². The second kappa shape index (κ2) is 16.3. The molecule has 1 aliphatic rings. The fourth-order valence-electron chi connectivity index (χ4n) is 5.08. The molecule has 4 N–H and O–H groups in total. The molecule has 46 heavy (non-hydrogen) atoms. The maximum atomic E-state index is 12.4. The van der Waals surface area contributed by atoms with Gasteiger partial charge in [0.05, 0.1) is 24.5 Å². The number of nitrogens with one attached hydrogen (secondary N) is 1. The van der Waals surface area contributed by atoms with Crippen molar-refractivity contribution < 1.29 is 34.4 Å². The van der Waals surface area contributed by atoms with Crippen LogP contribution in [0.3, 0.4) is 0 Å². The predicted molar refractivity (Wildman–Crippen MR) is 170 cm³/mol. The van der Waals surface area contributed by atoms with Crippen molar-refractivity contribution in [3.05, 3.63) is 89.5 Å². The third-order valence-corrected chi connectivity index (χ3v) is 8.61. The number of hydrogen-bond acceptors (Lipinski definition) is 10. The van der Waals surface area contributed by atoms with Crippen LogP contribution in [0.4, 0.5) is 5.69 Å². The zero-order valence-corrected chi connectivity index (χ0v) is 26.0. The number of rotatable bonds is 15. The highest BCUT2D eigenvalue weighted by Gasteiger charge is 2.32. The minimum atomic E-state index is -0.795. The van der Waals surface area contributed by atoms with Gasteiger partial charge in [-0.3, -0.25) is 9.59 Å². The van der Waals surface area contributed by atoms with Gasteiger partial charge in [-0.15, -0.1) is 5.10 Å². The molecule has 1 aliphatic heterocycles. The van der Waals surface area contributed by atoms with Gasteiger partial charge in [-0.05, 0) is 70.8 Å². The Hall–Kier alpha value is -4.30. The van der Waals surface area contributed by atoms with E-state index in [4.69, 9.17) is 14.6 Å². The van der Waals surface area contributed by atoms with Gasteiger partial charge in [0.1, 0.15) is 5.75 Å². The van der Waals surface area contributed by atoms with E-state index in [0.29, 0.717) is 42.3 Å². The Morgan fingerprint density at radius 1 is 0.891 bits per heavy atom. The van der Waals surface area contributed by atoms with E-state index in [1.807, 2.05) is 48.5 Å². The van der Waals surface area contributed by atoms with Crippen molar-refractivity contribution >= 4 is 29.3 Å². The summed E-state index contributed by atoms with van der Waals surface area (Å²) in [5.41, 5.74) is 3.98. The molecule has 0 bridgehead atoms. The van der Waals surface area contributed by atoms with Crippen molar-refractivity contribution in [1.29, 1.82) is 0 Å². The van der Waals surface area contributed by atoms with Gasteiger partial charge < -0.3 is 30.1 Å². The number of anilines is 1. The molecule has 3 atom stereocenters. The fraction of sp³-hybridized carbons (Fsp3) is 0.364. The first-order valence-electron chi connectivity index (χ1n) is 15.2. The Morgan fingerprint density at radius 3 is 2.28 bits per heavy atom. The highest BCUT2D eigenvalue weighted by Crippen LogP contribution is 2.39. The summed E-state index contributed by atoms with van der Waals surface area (Å²) < 4.78 is 14.5. The number of aromatic hydroxyl groups is 1. The fourth-order valence-corrected chi connectivity index (χ4v) is 5.99. The monoisotopic (exact) mass is 647 g/mol. The van der Waals surface area contributed by atoms with Crippen molar-refractivity contribution in [3.8, 4) is 11.4 Å². The maximum Gasteiger partial charge on any atom is 0.303 e. The molecule has 1 fully saturated rings. The molecule has 4 aromatic rings. The highest BCUT2D eigenvalue weighted by atomic mass is 32.2. The van der Waals surface area contributed by atoms with Crippen LogP contribution in [0.25, 0.3) is 5.69 Å². The van der Waals surface area contributed by atoms with E-state index in [-0.39, 0.29) is 36.9 Å². The normalized spacial score (nSPS) is 17.9. The van der Waals surface area contributed by atoms with Gasteiger partial charge in [-0.2, -0.15) is 4.68 Å². The molecule has 0 aliphatic carbocycles. The first-order chi connectivity index (χ1) is 22.4. The van der Waals surface area contributed by atoms with Crippen molar-refractivity contribution in [3.63, 3.8) is 0 Å². The van der Waals surface area contributed by atoms with Crippen LogP contribution in [-0.2, 0) is 25.7 Å². The van der Waals surface area contributed by atoms with Gasteiger partial charge in [0, 0.05) is 36.3 Å². The zero-order chi connectivity index (χ0) is 32.3. The number of thioether (sulfide) groups is 1. The average molecular weight is 648 g/mol. The Kier molecular flexibility index (Phi) is 11.7. The lowest BCUT2D eigenvalue weighted by molar-refractivity contribution is -0.245. The number of carbonyl (C=O) groups is 2. The molecule has 12 nitrogen and oxygen atoms in total. The smallest absolute Gasteiger partial charge is 0.303 e. The van der Waals surface area contributed by atoms with Crippen LogP contribution >= 0.6 is 11.8 Å². The molecule has 0 saturated carbocycles. The van der Waals surface area contributed by atoms with Crippen LogP contribution in [-0.4, -0.2) is 59.3 Å². The van der Waals surface area contributed by atoms with Crippen LogP contribution in [0.15, 0.2) is 78.0 Å². The molecule has 1 amide bonds. The number of benzene rings is 3. The summed E-state index contributed by atoms with van der Waals surface area (Å²) >= 11 is 1.46. The summed E-state index contributed by atoms with van der Waals surface area (Å²) in [7, 11) is 0. The zero-order valence-electron chi connectivity index (χ0n) is 25.2. The maximum absolute atomic E-state index is 12.4. The molecular weight excluding hydrogens is 610 g/mol. The average Bonchev–Trinajstić information content (AvgIpc) is 3.54. The third kappa shape index (κ3) is 9.36. The number of amides is 1. The lowest BCUT2D eigenvalue weighted by Gasteiger charge is -2.36. The Balaban J connectivity index is 1.22. The van der Waals surface area contributed by atoms with Gasteiger partial charge >= 0.3 is 5.97 Å². The summed E-state index contributed by atoms with van der Waals surface area (Å²) in [5.74, 6) is -0.178. The van der Waals surface area contributed by atoms with E-state index >= 15 is 0 Å². The molecule has 1 aromatic heterocycles. The molecule has 0 unspecified atom stereocenters. The Bertz CT molecular complexity index is 1560. The molecular formula is C33H37N5O7S. The second-order valence-corrected chi connectivity index (χ2v) is 12.0. The van der Waals surface area contributed by atoms with Gasteiger partial charge in [0.15, 0.2) is 6.29 Å². The molecule has 0 spiro atoms. The largest absolute Gasteiger partial charge is 0.508 e. The number of hydrogen-bond donors (Lipinski definition) is 4. The van der Waals surface area contributed by atoms with Crippen LogP contribution in [0.5, 0.6) is 5.75 Å². The minimum absolute atomic E-state index is 0.0395. The number of aliphatic hydroxyl groups excluding tert-OH is 1. The van der Waals surface area contributed by atoms with Crippen molar-refractivity contribution in [2.75, 3.05) is 11.1 Å². The van der Waals surface area contributed by atoms with Gasteiger partial charge in [-0.1, -0.05) is 61.0 Å². The molecule has 13 heteroatoms. The lowest BCUT2D eigenvalue weighted by Crippen LogP contribution is -2.31. The summed E-state index contributed by atoms with van der Waals surface area (Å²) in [5, 5.41) is 43.5. The number of aromatic nitrogens is 4. The van der Waals surface area contributed by atoms with Crippen molar-refractivity contribution in [2.45, 2.75) is 75.2 Å². The summed E-state index contributed by atoms with van der Waals surface area (Å²) in [6, 6.07) is 21.7. The van der Waals surface area contributed by atoms with Gasteiger partial charge in [0.25, 0.3) is 0 Å². The quantitative estimate of drug-likeness (QED) is 0.0941. The molecule has 5 rings (SSSR count). The SMILES string of the molecule is O=C(O)CCCCCCC(=O)Nc1ccc([C@H]2O[C@@H](CSc3nnnn3-c3ccc(O)cc3)C[C@@H](c3ccc(CO)cc3)O2)cc1. The number of aliphatic hydroxyl groups is 1. The number of unbranched alkanes of at least 4 members (excludes halogenated alkanes) is 3. The van der Waals surface area contributed by atoms with E-state index in [0.717, 1.165) is 35.2 Å². The topological polar surface area (TPSA) is 169 Å². The lowest BCUT2D eigenvalue weighted by atomic mass is 10.0. The number of aliphatic carboxylic acids is 1. The Labute approximate surface area is 270 Å². The summed E-state index contributed by atoms with van der Waals surface area (Å²) in [6.07, 6.45) is 2.90. The number of carboxylic acids is 1. The summed E-state index contributed by atoms with van der Waals surface area (Å²) in [6.45, 7) is -0.0395. The number of carboxylic acid groups (broad SMARTS) is 1. The summed E-state index contributed by atoms with van der Waals surface area (Å²) in [4.78, 5) is 23.1. The van der Waals surface area contributed by atoms with Crippen LogP contribution < -0.4 is 5.32 Å². The van der Waals surface area contributed by atoms with Crippen molar-refractivity contribution in [2.24, 2.45) is 0 Å². The van der Waals surface area contributed by atoms with E-state index in [1.165, 1.54) is 11.8 Å². The van der Waals surface area contributed by atoms with Crippen molar-refractivity contribution in [1.82, 2.24) is 20.2 Å². The number of nitrogens with zero attached hydrogens (tertiary/aromatic N) is 4. The molecule has 3 aromatic carbocycles. The van der Waals surface area contributed by atoms with E-state index in [1.54, 1.807) is 28.9 Å². The van der Waals surface area contributed by atoms with Crippen LogP contribution in [0.2, 0.25) is 0 Å². The predicted octanol–water partition coefficient (Wildman–Crippen LogP) is 5.56. The second-order valence-electron chi connectivity index (χ2n) is 11.0. The van der Waals surface area contributed by atoms with E-state index in [9.17, 15) is 19.8 Å². The van der Waals surface area contributed by atoms with E-state index in [2.05, 4.69) is 20.8 Å². The minimum Gasteiger partial charge on any atom is -0.508 e. The molecule has 1 saturated heterocycles. The third-order valence-electron chi connectivity index (χ3n) is 7.56. The number of tetrazole rings is 1. The van der Waals surface area contributed by atoms with Crippen LogP contribution in [0, 0.1) is 0 Å². The number of carbonyl (C=O) groups excluding carboxylic acids is 1. The number of ether oxygens (including phenoxy) is 2. The molecule has 0 radical (unpaired) electrons. The van der Waals surface area contributed by atoms with E-state index < -0.39 is 12.3 Å². The van der Waals surface area contributed by atoms with Gasteiger partial charge in [0.2, 0.25) is 11.1 Å². The first-order valence-corrected chi connectivity index (χ1v) is 16.2. The first kappa shape index (κ1) is 33.1. The Morgan fingerprint density at radius 2 is 1.59 bits per heavy atom. The standard InChI is InChI=1S/C33H37N5O7S/c39-20-22-7-9-23(10-8-22)29-19-28(21-46-33-35-36-37-38(33)26-15-17-27(40)18-16-26)44-32(45-29)24-11-13-25(14-12-24)34-30(41)5-3-1-2-4-6-31(42)43/h7-18,28-29,32,39-40H,1-6,19-21H2,(H,34,41)(H,42,43)/t28-,29+,32+/m1/s1. The number of phenolic OH excluding ortho intramolecular Hbond substituents is 1. The molecule has 242 valence electrons. The van der Waals surface area contributed by atoms with Crippen LogP contribution in [0.1, 0.15) is 74.0 Å². The highest BCUT2D eigenvalue weighted by molar-refractivity contribution is 7.99.